The van der Waals surface area contributed by atoms with Crippen LogP contribution in [0.2, 0.25) is 0 Å². The molecule has 2 N–H and O–H groups in total. The minimum Gasteiger partial charge on any atom is -0.490 e. The molecule has 1 atom stereocenters. The van der Waals surface area contributed by atoms with Gasteiger partial charge < -0.3 is 24.5 Å². The summed E-state index contributed by atoms with van der Waals surface area (Å²) in [5.74, 6) is -0.804. The van der Waals surface area contributed by atoms with Crippen molar-refractivity contribution in [2.75, 3.05) is 18.5 Å². The Morgan fingerprint density at radius 3 is 2.63 bits per heavy atom. The van der Waals surface area contributed by atoms with E-state index in [4.69, 9.17) is 9.47 Å². The first-order valence-corrected chi connectivity index (χ1v) is 8.17. The van der Waals surface area contributed by atoms with Gasteiger partial charge in [-0.25, -0.2) is 4.98 Å². The molecule has 146 valence electrons. The summed E-state index contributed by atoms with van der Waals surface area (Å²) in [7, 11) is 1.31. The molecule has 1 amide bonds. The molecule has 1 aromatic heterocycles. The summed E-state index contributed by atoms with van der Waals surface area (Å²) >= 11 is 0. The first-order chi connectivity index (χ1) is 12.7. The van der Waals surface area contributed by atoms with Crippen molar-refractivity contribution in [3.63, 3.8) is 0 Å². The first-order valence-electron chi connectivity index (χ1n) is 8.17. The number of nitrogens with one attached hydrogen (secondary N) is 1. The van der Waals surface area contributed by atoms with E-state index in [1.165, 1.54) is 25.4 Å². The lowest BCUT2D eigenvalue weighted by atomic mass is 9.97. The number of hydrogen-bond acceptors (Lipinski definition) is 5. The Bertz CT molecular complexity index is 837. The zero-order valence-electron chi connectivity index (χ0n) is 14.4. The molecule has 0 aliphatic carbocycles. The fraction of sp³-hybridized carbons (Fsp3) is 0.412. The molecule has 1 aliphatic heterocycles. The van der Waals surface area contributed by atoms with E-state index < -0.39 is 29.9 Å². The third-order valence-electron chi connectivity index (χ3n) is 4.11. The van der Waals surface area contributed by atoms with E-state index in [9.17, 15) is 23.1 Å². The van der Waals surface area contributed by atoms with Crippen molar-refractivity contribution in [1.29, 1.82) is 0 Å². The Morgan fingerprint density at radius 2 is 2.00 bits per heavy atom. The van der Waals surface area contributed by atoms with Crippen LogP contribution in [-0.2, 0) is 17.4 Å². The van der Waals surface area contributed by atoms with Gasteiger partial charge in [-0.05, 0) is 12.1 Å². The van der Waals surface area contributed by atoms with Gasteiger partial charge in [-0.15, -0.1) is 0 Å². The highest BCUT2D eigenvalue weighted by atomic mass is 19.4. The molecule has 0 saturated carbocycles. The molecule has 3 rings (SSSR count). The summed E-state index contributed by atoms with van der Waals surface area (Å²) in [6, 6.07) is 4.51. The van der Waals surface area contributed by atoms with Gasteiger partial charge in [0.05, 0.1) is 19.6 Å². The smallest absolute Gasteiger partial charge is 0.425 e. The zero-order valence-corrected chi connectivity index (χ0v) is 14.4. The summed E-state index contributed by atoms with van der Waals surface area (Å²) in [6.07, 6.45) is -3.26. The average molecular weight is 385 g/mol. The number of carbonyl (C=O) groups excluding carboxylic acids is 1. The van der Waals surface area contributed by atoms with Gasteiger partial charge in [0.2, 0.25) is 11.5 Å². The van der Waals surface area contributed by atoms with Gasteiger partial charge in [0.25, 0.3) is 0 Å². The van der Waals surface area contributed by atoms with E-state index in [1.54, 1.807) is 6.07 Å². The van der Waals surface area contributed by atoms with E-state index in [0.29, 0.717) is 31.1 Å². The van der Waals surface area contributed by atoms with Crippen LogP contribution in [0.5, 0.6) is 11.5 Å². The molecule has 1 aromatic carbocycles. The Balaban J connectivity index is 1.79. The summed E-state index contributed by atoms with van der Waals surface area (Å²) in [4.78, 5) is 15.8. The number of halogens is 3. The van der Waals surface area contributed by atoms with E-state index in [0.717, 1.165) is 10.8 Å². The topological polar surface area (TPSA) is 85.6 Å². The maximum atomic E-state index is 13.5. The van der Waals surface area contributed by atoms with Gasteiger partial charge in [-0.3, -0.25) is 4.79 Å². The third kappa shape index (κ3) is 3.85. The van der Waals surface area contributed by atoms with Gasteiger partial charge in [0, 0.05) is 37.6 Å². The van der Waals surface area contributed by atoms with Crippen LogP contribution >= 0.6 is 0 Å². The van der Waals surface area contributed by atoms with Gasteiger partial charge in [0.1, 0.15) is 0 Å². The maximum absolute atomic E-state index is 13.5. The average Bonchev–Trinajstić information content (AvgIpc) is 2.88. The minimum atomic E-state index is -5.09. The molecule has 0 radical (unpaired) electrons. The number of ether oxygens (including phenoxy) is 2. The standard InChI is InChI=1S/C17H18F3N3O4/c1-23-6-5-21-15(23)16(25,17(18,19)20)10-14(24)22-11-3-4-12-13(9-11)27-8-2-7-26-12/h3-6,9,25H,2,7-8,10H2,1H3,(H,22,24). The predicted octanol–water partition coefficient (Wildman–Crippen LogP) is 2.36. The maximum Gasteiger partial charge on any atom is 0.425 e. The monoisotopic (exact) mass is 385 g/mol. The number of anilines is 1. The molecule has 7 nitrogen and oxygen atoms in total. The second-order valence-corrected chi connectivity index (χ2v) is 6.16. The van der Waals surface area contributed by atoms with E-state index >= 15 is 0 Å². The van der Waals surface area contributed by atoms with Gasteiger partial charge in [-0.1, -0.05) is 0 Å². The molecule has 1 aliphatic rings. The number of alkyl halides is 3. The van der Waals surface area contributed by atoms with Crippen LogP contribution in [0.25, 0.3) is 0 Å². The first kappa shape index (κ1) is 19.0. The Hall–Kier alpha value is -2.75. The number of benzene rings is 1. The molecule has 0 saturated heterocycles. The van der Waals surface area contributed by atoms with Crippen molar-refractivity contribution in [3.8, 4) is 11.5 Å². The van der Waals surface area contributed by atoms with Crippen molar-refractivity contribution in [1.82, 2.24) is 9.55 Å². The SMILES string of the molecule is Cn1ccnc1C(O)(CC(=O)Nc1ccc2c(c1)OCCCO2)C(F)(F)F. The second-order valence-electron chi connectivity index (χ2n) is 6.16. The lowest BCUT2D eigenvalue weighted by molar-refractivity contribution is -0.270. The quantitative estimate of drug-likeness (QED) is 0.844. The Kier molecular flexibility index (Phi) is 5.01. The van der Waals surface area contributed by atoms with Crippen LogP contribution in [0.3, 0.4) is 0 Å². The van der Waals surface area contributed by atoms with Gasteiger partial charge >= 0.3 is 6.18 Å². The van der Waals surface area contributed by atoms with E-state index in [1.807, 2.05) is 0 Å². The molecule has 1 unspecified atom stereocenters. The zero-order chi connectivity index (χ0) is 19.7. The Labute approximate surface area is 152 Å². The fourth-order valence-electron chi connectivity index (χ4n) is 2.75. The number of amides is 1. The van der Waals surface area contributed by atoms with Crippen molar-refractivity contribution in [3.05, 3.63) is 36.4 Å². The molecule has 0 bridgehead atoms. The van der Waals surface area contributed by atoms with Gasteiger partial charge in [-0.2, -0.15) is 13.2 Å². The minimum absolute atomic E-state index is 0.230. The summed E-state index contributed by atoms with van der Waals surface area (Å²) in [5, 5.41) is 12.6. The number of carbonyl (C=O) groups is 1. The van der Waals surface area contributed by atoms with Crippen LogP contribution < -0.4 is 14.8 Å². The van der Waals surface area contributed by atoms with Crippen molar-refractivity contribution in [2.24, 2.45) is 7.05 Å². The number of aromatic nitrogens is 2. The highest BCUT2D eigenvalue weighted by Gasteiger charge is 2.58. The lowest BCUT2D eigenvalue weighted by Gasteiger charge is -2.29. The highest BCUT2D eigenvalue weighted by molar-refractivity contribution is 5.91. The van der Waals surface area contributed by atoms with E-state index in [2.05, 4.69) is 10.3 Å². The molecule has 27 heavy (non-hydrogen) atoms. The fourth-order valence-corrected chi connectivity index (χ4v) is 2.75. The number of aliphatic hydroxyl groups is 1. The molecule has 0 spiro atoms. The van der Waals surface area contributed by atoms with Gasteiger partial charge in [0.15, 0.2) is 17.3 Å². The molecule has 0 fully saturated rings. The van der Waals surface area contributed by atoms with Crippen LogP contribution in [0.4, 0.5) is 18.9 Å². The lowest BCUT2D eigenvalue weighted by Crippen LogP contribution is -2.46. The summed E-state index contributed by atoms with van der Waals surface area (Å²) in [6.45, 7) is 0.915. The molecule has 2 aromatic rings. The van der Waals surface area contributed by atoms with Crippen molar-refractivity contribution in [2.45, 2.75) is 24.6 Å². The molecule has 10 heteroatoms. The largest absolute Gasteiger partial charge is 0.490 e. The molecular formula is C17H18F3N3O4. The number of hydrogen-bond donors (Lipinski definition) is 2. The number of nitrogens with zero attached hydrogens (tertiary/aromatic N) is 2. The van der Waals surface area contributed by atoms with Crippen molar-refractivity contribution < 1.29 is 32.5 Å². The second kappa shape index (κ2) is 7.10. The Morgan fingerprint density at radius 1 is 1.30 bits per heavy atom. The number of rotatable bonds is 4. The highest BCUT2D eigenvalue weighted by Crippen LogP contribution is 2.41. The summed E-state index contributed by atoms with van der Waals surface area (Å²) < 4.78 is 52.5. The van der Waals surface area contributed by atoms with Crippen LogP contribution in [0.1, 0.15) is 18.7 Å². The normalized spacial score (nSPS) is 16.3. The number of imidazole rings is 1. The number of aryl methyl sites for hydroxylation is 1. The molecule has 2 heterocycles. The van der Waals surface area contributed by atoms with Crippen LogP contribution in [-0.4, -0.2) is 40.0 Å². The number of fused-ring (bicyclic) bond motifs is 1. The molecular weight excluding hydrogens is 367 g/mol. The van der Waals surface area contributed by atoms with Crippen LogP contribution in [0, 0.1) is 0 Å². The van der Waals surface area contributed by atoms with Crippen LogP contribution in [0.15, 0.2) is 30.6 Å². The van der Waals surface area contributed by atoms with Crippen molar-refractivity contribution >= 4 is 11.6 Å². The summed E-state index contributed by atoms with van der Waals surface area (Å²) in [5.41, 5.74) is -3.19. The third-order valence-corrected chi connectivity index (χ3v) is 4.11. The predicted molar refractivity (Wildman–Crippen MR) is 88.5 cm³/mol. The van der Waals surface area contributed by atoms with E-state index in [-0.39, 0.29) is 5.69 Å².